The summed E-state index contributed by atoms with van der Waals surface area (Å²) in [4.78, 5) is 48.0. The number of hydrogen-bond donors (Lipinski definition) is 2. The van der Waals surface area contributed by atoms with Crippen LogP contribution in [0.2, 0.25) is 0 Å². The van der Waals surface area contributed by atoms with Crippen LogP contribution in [-0.2, 0) is 37.5 Å². The average Bonchev–Trinajstić information content (AvgIpc) is 3.57. The molecule has 0 heterocycles. The van der Waals surface area contributed by atoms with Crippen molar-refractivity contribution in [3.8, 4) is 0 Å². The summed E-state index contributed by atoms with van der Waals surface area (Å²) in [5.74, 6) is -1.14. The Balaban J connectivity index is 2.38. The van der Waals surface area contributed by atoms with E-state index in [9.17, 15) is 28.9 Å². The van der Waals surface area contributed by atoms with Crippen LogP contribution in [0.3, 0.4) is 0 Å². The first kappa shape index (κ1) is 57.9. The molecule has 12 heteroatoms. The Hall–Kier alpha value is -2.14. The summed E-state index contributed by atoms with van der Waals surface area (Å²) in [5, 5.41) is 10.2. The molecule has 0 saturated heterocycles. The average molecular weight is 897 g/mol. The first-order valence-corrected chi connectivity index (χ1v) is 26.3. The van der Waals surface area contributed by atoms with Gasteiger partial charge in [0.25, 0.3) is 0 Å². The van der Waals surface area contributed by atoms with Crippen LogP contribution in [0.25, 0.3) is 0 Å². The number of ether oxygens (including phenoxy) is 2. The van der Waals surface area contributed by atoms with Crippen molar-refractivity contribution in [1.82, 2.24) is 0 Å². The van der Waals surface area contributed by atoms with E-state index in [0.717, 1.165) is 38.5 Å². The largest absolute Gasteiger partial charge is 0.472 e. The number of aliphatic hydroxyl groups is 1. The summed E-state index contributed by atoms with van der Waals surface area (Å²) >= 11 is 0. The highest BCUT2D eigenvalue weighted by atomic mass is 31.2. The molecule has 62 heavy (non-hydrogen) atoms. The molecule has 0 aromatic heterocycles. The highest BCUT2D eigenvalue weighted by Crippen LogP contribution is 2.43. The number of aliphatic hydroxyl groups excluding tert-OH is 1. The Morgan fingerprint density at radius 1 is 0.726 bits per heavy atom. The van der Waals surface area contributed by atoms with Crippen molar-refractivity contribution < 1.29 is 52.0 Å². The van der Waals surface area contributed by atoms with Gasteiger partial charge >= 0.3 is 19.8 Å². The molecule has 0 radical (unpaired) electrons. The lowest BCUT2D eigenvalue weighted by molar-refractivity contribution is -0.870. The minimum Gasteiger partial charge on any atom is -0.462 e. The molecule has 1 rings (SSSR count). The first-order valence-electron chi connectivity index (χ1n) is 24.8. The van der Waals surface area contributed by atoms with Crippen molar-refractivity contribution in [3.05, 3.63) is 36.5 Å². The lowest BCUT2D eigenvalue weighted by atomic mass is 9.90. The quantitative estimate of drug-likeness (QED) is 0.0200. The van der Waals surface area contributed by atoms with E-state index in [2.05, 4.69) is 13.8 Å². The van der Waals surface area contributed by atoms with E-state index < -0.39 is 38.6 Å². The zero-order chi connectivity index (χ0) is 45.7. The van der Waals surface area contributed by atoms with E-state index in [4.69, 9.17) is 18.5 Å². The number of carbonyl (C=O) groups excluding carboxylic acids is 3. The summed E-state index contributed by atoms with van der Waals surface area (Å²) in [6.45, 7) is 4.12. The number of nitrogens with zero attached hydrogens (tertiary/aromatic N) is 1. The van der Waals surface area contributed by atoms with E-state index in [1.165, 1.54) is 96.3 Å². The molecule has 360 valence electrons. The molecule has 1 aliphatic carbocycles. The number of quaternary nitrogens is 1. The zero-order valence-electron chi connectivity index (χ0n) is 40.0. The highest BCUT2D eigenvalue weighted by Gasteiger charge is 2.28. The van der Waals surface area contributed by atoms with Crippen molar-refractivity contribution in [2.24, 2.45) is 11.8 Å². The number of unbranched alkanes of at least 4 members (excludes halogenated alkanes) is 21. The predicted molar refractivity (Wildman–Crippen MR) is 252 cm³/mol. The van der Waals surface area contributed by atoms with Gasteiger partial charge < -0.3 is 24.0 Å². The van der Waals surface area contributed by atoms with Crippen molar-refractivity contribution in [1.29, 1.82) is 0 Å². The maximum absolute atomic E-state index is 12.8. The predicted octanol–water partition coefficient (Wildman–Crippen LogP) is 12.1. The van der Waals surface area contributed by atoms with E-state index in [1.807, 2.05) is 45.4 Å². The molecule has 0 bridgehead atoms. The van der Waals surface area contributed by atoms with Crippen LogP contribution in [0.5, 0.6) is 0 Å². The van der Waals surface area contributed by atoms with E-state index in [-0.39, 0.29) is 43.7 Å². The summed E-state index contributed by atoms with van der Waals surface area (Å²) in [6.07, 6.45) is 39.6. The smallest absolute Gasteiger partial charge is 0.462 e. The molecule has 1 unspecified atom stereocenters. The van der Waals surface area contributed by atoms with Crippen LogP contribution in [0.15, 0.2) is 36.5 Å². The number of carbonyl (C=O) groups is 3. The summed E-state index contributed by atoms with van der Waals surface area (Å²) in [5.41, 5.74) is 0. The van der Waals surface area contributed by atoms with Gasteiger partial charge in [-0.25, -0.2) is 4.57 Å². The molecular weight excluding hydrogens is 806 g/mol. The van der Waals surface area contributed by atoms with Gasteiger partial charge in [-0.15, -0.1) is 0 Å². The topological polar surface area (TPSA) is 146 Å². The minimum absolute atomic E-state index is 0.000996. The number of esters is 2. The molecule has 0 aromatic carbocycles. The molecule has 0 saturated carbocycles. The molecule has 2 N–H and O–H groups in total. The van der Waals surface area contributed by atoms with Gasteiger partial charge in [0.2, 0.25) is 0 Å². The second-order valence-corrected chi connectivity index (χ2v) is 20.0. The Morgan fingerprint density at radius 3 is 1.82 bits per heavy atom. The third-order valence-corrected chi connectivity index (χ3v) is 12.4. The van der Waals surface area contributed by atoms with Crippen molar-refractivity contribution in [2.45, 2.75) is 206 Å². The minimum atomic E-state index is -4.43. The molecule has 0 aliphatic heterocycles. The van der Waals surface area contributed by atoms with E-state index in [1.54, 1.807) is 12.2 Å². The SMILES string of the molecule is CCCCCCCCCCCCCCCCCCCCCC(=O)O[C@H](COC(=O)CCC/C=C\C[C@H]1C=CC(=O)[C@@H]1/C=C/[C@@H](O)CCCCC)COP(=O)(O)OCC[N+](C)(C)C. The van der Waals surface area contributed by atoms with Gasteiger partial charge in [0.05, 0.1) is 33.9 Å². The molecule has 0 fully saturated rings. The summed E-state index contributed by atoms with van der Waals surface area (Å²) < 4.78 is 34.4. The van der Waals surface area contributed by atoms with Crippen LogP contribution in [0, 0.1) is 11.8 Å². The molecule has 0 amide bonds. The van der Waals surface area contributed by atoms with E-state index in [0.29, 0.717) is 43.1 Å². The van der Waals surface area contributed by atoms with E-state index >= 15 is 0 Å². The summed E-state index contributed by atoms with van der Waals surface area (Å²) in [6, 6.07) is 0. The number of phosphoric ester groups is 1. The van der Waals surface area contributed by atoms with Gasteiger partial charge in [0, 0.05) is 18.8 Å². The number of allylic oxidation sites excluding steroid dienone is 5. The zero-order valence-corrected chi connectivity index (χ0v) is 40.9. The highest BCUT2D eigenvalue weighted by molar-refractivity contribution is 7.47. The third-order valence-electron chi connectivity index (χ3n) is 11.4. The molecule has 1 aliphatic rings. The summed E-state index contributed by atoms with van der Waals surface area (Å²) in [7, 11) is 1.37. The van der Waals surface area contributed by atoms with Gasteiger partial charge in [-0.05, 0) is 44.1 Å². The second-order valence-electron chi connectivity index (χ2n) is 18.5. The van der Waals surface area contributed by atoms with Crippen LogP contribution >= 0.6 is 7.82 Å². The van der Waals surface area contributed by atoms with Gasteiger partial charge in [-0.1, -0.05) is 179 Å². The molecular formula is C50H91NO10P+. The fraction of sp³-hybridized carbons (Fsp3) is 0.820. The fourth-order valence-corrected chi connectivity index (χ4v) is 8.16. The maximum Gasteiger partial charge on any atom is 0.472 e. The standard InChI is InChI=1S/C50H90NO10P/c1-6-8-10-11-12-13-14-15-16-17-18-19-20-21-22-23-24-25-31-35-50(55)61-46(43-60-62(56,57)59-41-40-51(3,4)5)42-58-49(54)34-30-27-26-29-32-44-36-39-48(53)47(44)38-37-45(52)33-28-9-7-2/h26,29,36-39,44-47,52H,6-25,27-28,30-35,40-43H2,1-5H3/p+1/b29-26-,38-37+/t44-,45-,46+,47+/m0/s1. The molecule has 5 atom stereocenters. The second kappa shape index (κ2) is 37.1. The lowest BCUT2D eigenvalue weighted by Gasteiger charge is -2.24. The Morgan fingerprint density at radius 2 is 1.26 bits per heavy atom. The monoisotopic (exact) mass is 897 g/mol. The van der Waals surface area contributed by atoms with Crippen LogP contribution in [0.1, 0.15) is 194 Å². The Kier molecular flexibility index (Phi) is 34.7. The van der Waals surface area contributed by atoms with Crippen molar-refractivity contribution in [2.75, 3.05) is 47.5 Å². The Bertz CT molecular complexity index is 1290. The molecule has 0 aromatic rings. The molecule has 0 spiro atoms. The van der Waals surface area contributed by atoms with Gasteiger partial charge in [0.15, 0.2) is 11.9 Å². The van der Waals surface area contributed by atoms with Crippen LogP contribution < -0.4 is 0 Å². The van der Waals surface area contributed by atoms with Gasteiger partial charge in [-0.2, -0.15) is 0 Å². The normalized spacial score (nSPS) is 17.6. The van der Waals surface area contributed by atoms with Crippen LogP contribution in [0.4, 0.5) is 0 Å². The molecule has 11 nitrogen and oxygen atoms in total. The lowest BCUT2D eigenvalue weighted by Crippen LogP contribution is -2.37. The Labute approximate surface area is 378 Å². The third kappa shape index (κ3) is 34.3. The van der Waals surface area contributed by atoms with Crippen LogP contribution in [-0.4, -0.2) is 91.9 Å². The number of likely N-dealkylation sites (N-methyl/N-ethyl adjacent to an activating group) is 1. The fourth-order valence-electron chi connectivity index (χ4n) is 7.42. The maximum atomic E-state index is 12.8. The van der Waals surface area contributed by atoms with Gasteiger partial charge in [-0.3, -0.25) is 23.4 Å². The first-order chi connectivity index (χ1) is 29.8. The number of rotatable bonds is 42. The number of ketones is 1. The van der Waals surface area contributed by atoms with Crippen molar-refractivity contribution >= 4 is 25.5 Å². The number of hydrogen-bond acceptors (Lipinski definition) is 9. The number of phosphoric acid groups is 1. The van der Waals surface area contributed by atoms with Gasteiger partial charge in [0.1, 0.15) is 19.8 Å². The van der Waals surface area contributed by atoms with Crippen molar-refractivity contribution in [3.63, 3.8) is 0 Å².